The van der Waals surface area contributed by atoms with E-state index in [1.54, 1.807) is 0 Å². The number of alkyl carbamates (subject to hydrolysis) is 1. The molecule has 10 atom stereocenters. The monoisotopic (exact) mass is 607 g/mol. The number of carbonyl (C=O) groups is 2. The molecule has 0 heterocycles. The Balaban J connectivity index is 1.26. The Morgan fingerprint density at radius 2 is 1.74 bits per heavy atom. The predicted molar refractivity (Wildman–Crippen MR) is 163 cm³/mol. The van der Waals surface area contributed by atoms with Gasteiger partial charge >= 0.3 is 12.1 Å². The van der Waals surface area contributed by atoms with Gasteiger partial charge in [0.15, 0.2) is 12.4 Å². The van der Waals surface area contributed by atoms with Crippen molar-refractivity contribution in [2.75, 3.05) is 13.2 Å². The molecule has 0 aromatic rings. The number of hydrogen-bond donors (Lipinski definition) is 5. The maximum Gasteiger partial charge on any atom is 0.407 e. The Hall–Kier alpha value is -1.68. The number of nitrogens with one attached hydrogen (secondary N) is 1. The number of fused-ring (bicyclic) bond motifs is 5. The number of amides is 1. The van der Waals surface area contributed by atoms with Crippen LogP contribution in [0.25, 0.3) is 0 Å². The van der Waals surface area contributed by atoms with E-state index in [2.05, 4.69) is 46.0 Å². The van der Waals surface area contributed by atoms with Crippen molar-refractivity contribution in [2.24, 2.45) is 46.3 Å². The molecule has 3 fully saturated rings. The number of aliphatic hydroxyl groups excluding tert-OH is 3. The van der Waals surface area contributed by atoms with Crippen LogP contribution in [-0.2, 0) is 14.3 Å². The average molecular weight is 608 g/mol. The summed E-state index contributed by atoms with van der Waals surface area (Å²) < 4.78 is 10.5. The number of ether oxygens (including phenoxy) is 2. The number of rotatable bonds is 12. The zero-order valence-corrected chi connectivity index (χ0v) is 27.0. The van der Waals surface area contributed by atoms with E-state index in [1.165, 1.54) is 50.5 Å². The summed E-state index contributed by atoms with van der Waals surface area (Å²) in [5, 5.41) is 39.2. The summed E-state index contributed by atoms with van der Waals surface area (Å²) in [7, 11) is 0. The lowest BCUT2D eigenvalue weighted by molar-refractivity contribution is -0.184. The largest absolute Gasteiger partial charge is 0.462 e. The van der Waals surface area contributed by atoms with Crippen LogP contribution >= 0.6 is 0 Å². The maximum atomic E-state index is 12.5. The highest BCUT2D eigenvalue weighted by molar-refractivity contribution is 5.75. The summed E-state index contributed by atoms with van der Waals surface area (Å²) in [6.45, 7) is 12.0. The van der Waals surface area contributed by atoms with Gasteiger partial charge in [0, 0.05) is 6.42 Å². The van der Waals surface area contributed by atoms with Gasteiger partial charge in [0.05, 0.1) is 6.54 Å². The van der Waals surface area contributed by atoms with Crippen LogP contribution in [0.15, 0.2) is 11.6 Å². The third-order valence-electron chi connectivity index (χ3n) is 12.0. The molecule has 246 valence electrons. The van der Waals surface area contributed by atoms with Crippen LogP contribution < -0.4 is 5.32 Å². The van der Waals surface area contributed by atoms with Crippen molar-refractivity contribution in [3.8, 4) is 0 Å². The predicted octanol–water partition coefficient (Wildman–Crippen LogP) is 4.70. The number of hydrogen-bond acceptors (Lipinski definition) is 8. The third kappa shape index (κ3) is 7.42. The first-order valence-corrected chi connectivity index (χ1v) is 16.8. The second kappa shape index (κ2) is 14.2. The van der Waals surface area contributed by atoms with Crippen LogP contribution in [0.2, 0.25) is 0 Å². The van der Waals surface area contributed by atoms with Crippen LogP contribution in [0.3, 0.4) is 0 Å². The minimum Gasteiger partial charge on any atom is -0.462 e. The number of allylic oxidation sites excluding steroid dienone is 1. The lowest BCUT2D eigenvalue weighted by Crippen LogP contribution is -2.51. The molecule has 0 aromatic carbocycles. The molecule has 43 heavy (non-hydrogen) atoms. The van der Waals surface area contributed by atoms with Gasteiger partial charge in [-0.2, -0.15) is 0 Å². The number of carbonyl (C=O) groups excluding carboxylic acids is 2. The minimum absolute atomic E-state index is 0.0382. The van der Waals surface area contributed by atoms with Crippen molar-refractivity contribution in [1.29, 1.82) is 0 Å². The number of esters is 1. The lowest BCUT2D eigenvalue weighted by Gasteiger charge is -2.58. The summed E-state index contributed by atoms with van der Waals surface area (Å²) in [5.74, 6) is 3.50. The van der Waals surface area contributed by atoms with Crippen molar-refractivity contribution >= 4 is 12.1 Å². The number of aliphatic hydroxyl groups is 4. The molecule has 0 bridgehead atoms. The van der Waals surface area contributed by atoms with Gasteiger partial charge in [-0.15, -0.1) is 0 Å². The molecule has 9 nitrogen and oxygen atoms in total. The van der Waals surface area contributed by atoms with E-state index >= 15 is 0 Å². The average Bonchev–Trinajstić information content (AvgIpc) is 3.31. The molecular weight excluding hydrogens is 550 g/mol. The molecule has 0 aromatic heterocycles. The molecule has 0 saturated heterocycles. The Bertz CT molecular complexity index is 999. The fraction of sp³-hybridized carbons (Fsp3) is 0.882. The normalized spacial score (nSPS) is 35.7. The zero-order chi connectivity index (χ0) is 31.5. The highest BCUT2D eigenvalue weighted by atomic mass is 16.6. The van der Waals surface area contributed by atoms with Gasteiger partial charge in [0.25, 0.3) is 0 Å². The second-order valence-electron chi connectivity index (χ2n) is 15.0. The first kappa shape index (κ1) is 34.2. The second-order valence-corrected chi connectivity index (χ2v) is 15.0. The third-order valence-corrected chi connectivity index (χ3v) is 12.0. The first-order chi connectivity index (χ1) is 20.3. The smallest absolute Gasteiger partial charge is 0.407 e. The van der Waals surface area contributed by atoms with Crippen LogP contribution in [0.1, 0.15) is 105 Å². The van der Waals surface area contributed by atoms with E-state index in [9.17, 15) is 19.8 Å². The van der Waals surface area contributed by atoms with Gasteiger partial charge < -0.3 is 35.2 Å². The molecule has 3 saturated carbocycles. The standard InChI is InChI=1S/C34H57NO8/c1-20(2)7-6-8-21(3)25-11-12-26-24-10-9-22-19-23(13-15-33(22,4)27(24)14-16-34(25,26)5)43-32(41)35-17-18-42-31(40)29(37)28(36)30(38)39/h9,20-21,23-30,36-39H,6-8,10-19H2,1-5H3,(H,35,41)/t21-,23+,24?,25-,26?,27?,28?,29?,33+,34-/m1/s1. The SMILES string of the molecule is CC(C)CCC[C@@H](C)[C@H]1CCC2C3CC=C4C[C@@H](OC(=O)NCCOC(=O)C(O)C(O)C(O)O)CC[C@]4(C)C3CC[C@@]21C. The molecule has 5 N–H and O–H groups in total. The van der Waals surface area contributed by atoms with Crippen molar-refractivity contribution in [3.05, 3.63) is 11.6 Å². The molecule has 0 radical (unpaired) electrons. The van der Waals surface area contributed by atoms with Crippen LogP contribution in [-0.4, -0.2) is 70.2 Å². The maximum absolute atomic E-state index is 12.5. The highest BCUT2D eigenvalue weighted by Crippen LogP contribution is 2.67. The van der Waals surface area contributed by atoms with Crippen LogP contribution in [0, 0.1) is 46.3 Å². The van der Waals surface area contributed by atoms with Crippen LogP contribution in [0.4, 0.5) is 4.79 Å². The quantitative estimate of drug-likeness (QED) is 0.0929. The molecule has 5 unspecified atom stereocenters. The van der Waals surface area contributed by atoms with E-state index in [-0.39, 0.29) is 24.7 Å². The van der Waals surface area contributed by atoms with Gasteiger partial charge in [0.2, 0.25) is 0 Å². The molecule has 1 amide bonds. The lowest BCUT2D eigenvalue weighted by atomic mass is 9.47. The fourth-order valence-electron chi connectivity index (χ4n) is 9.64. The molecular formula is C34H57NO8. The summed E-state index contributed by atoms with van der Waals surface area (Å²) in [5.41, 5.74) is 2.08. The van der Waals surface area contributed by atoms with Gasteiger partial charge in [-0.25, -0.2) is 9.59 Å². The summed E-state index contributed by atoms with van der Waals surface area (Å²) in [6.07, 6.45) is 8.46. The first-order valence-electron chi connectivity index (χ1n) is 16.8. The van der Waals surface area contributed by atoms with E-state index < -0.39 is 30.6 Å². The van der Waals surface area contributed by atoms with Gasteiger partial charge in [0.1, 0.15) is 18.8 Å². The molecule has 0 aliphatic heterocycles. The van der Waals surface area contributed by atoms with Gasteiger partial charge in [-0.1, -0.05) is 65.5 Å². The van der Waals surface area contributed by atoms with E-state index in [0.29, 0.717) is 11.3 Å². The van der Waals surface area contributed by atoms with E-state index in [1.807, 2.05) is 0 Å². The molecule has 0 spiro atoms. The van der Waals surface area contributed by atoms with E-state index in [0.717, 1.165) is 55.3 Å². The summed E-state index contributed by atoms with van der Waals surface area (Å²) >= 11 is 0. The van der Waals surface area contributed by atoms with Gasteiger partial charge in [-0.3, -0.25) is 0 Å². The highest BCUT2D eigenvalue weighted by Gasteiger charge is 2.59. The van der Waals surface area contributed by atoms with Crippen molar-refractivity contribution in [3.63, 3.8) is 0 Å². The topological polar surface area (TPSA) is 146 Å². The van der Waals surface area contributed by atoms with Crippen LogP contribution in [0.5, 0.6) is 0 Å². The molecule has 4 aliphatic carbocycles. The summed E-state index contributed by atoms with van der Waals surface area (Å²) in [4.78, 5) is 24.1. The minimum atomic E-state index is -2.27. The Labute approximate surface area is 257 Å². The van der Waals surface area contributed by atoms with Crippen molar-refractivity contribution in [2.45, 2.75) is 130 Å². The Morgan fingerprint density at radius 1 is 1.00 bits per heavy atom. The molecule has 4 aliphatic rings. The molecule has 4 rings (SSSR count). The zero-order valence-electron chi connectivity index (χ0n) is 27.0. The Kier molecular flexibility index (Phi) is 11.3. The fourth-order valence-corrected chi connectivity index (χ4v) is 9.64. The Morgan fingerprint density at radius 3 is 2.44 bits per heavy atom. The summed E-state index contributed by atoms with van der Waals surface area (Å²) in [6, 6.07) is 0. The van der Waals surface area contributed by atoms with E-state index in [4.69, 9.17) is 19.7 Å². The molecule has 9 heteroatoms. The van der Waals surface area contributed by atoms with Crippen molar-refractivity contribution in [1.82, 2.24) is 5.32 Å². The van der Waals surface area contributed by atoms with Crippen molar-refractivity contribution < 1.29 is 39.5 Å². The van der Waals surface area contributed by atoms with Gasteiger partial charge in [-0.05, 0) is 91.3 Å².